The number of methoxy groups -OCH3 is 1. The van der Waals surface area contributed by atoms with E-state index >= 15 is 0 Å². The van der Waals surface area contributed by atoms with Crippen molar-refractivity contribution in [3.63, 3.8) is 0 Å². The zero-order valence-electron chi connectivity index (χ0n) is 10.1. The number of rotatable bonds is 3. The molecule has 2 rings (SSSR count). The summed E-state index contributed by atoms with van der Waals surface area (Å²) in [4.78, 5) is 11.7. The lowest BCUT2D eigenvalue weighted by Crippen LogP contribution is -2.07. The normalized spacial score (nSPS) is 10.3. The maximum atomic E-state index is 11.7. The summed E-state index contributed by atoms with van der Waals surface area (Å²) in [6.45, 7) is 0. The average Bonchev–Trinajstić information content (AvgIpc) is 2.76. The molecule has 94 valence electrons. The molecule has 0 fully saturated rings. The van der Waals surface area contributed by atoms with Crippen molar-refractivity contribution in [1.82, 2.24) is 9.78 Å². The Kier molecular flexibility index (Phi) is 3.57. The molecule has 0 saturated carbocycles. The molecule has 0 atom stereocenters. The molecule has 5 nitrogen and oxygen atoms in total. The summed E-state index contributed by atoms with van der Waals surface area (Å²) in [6, 6.07) is 9.41. The van der Waals surface area contributed by atoms with Crippen molar-refractivity contribution in [2.75, 3.05) is 19.1 Å². The van der Waals surface area contributed by atoms with E-state index in [9.17, 15) is 4.79 Å². The molecule has 0 spiro atoms. The van der Waals surface area contributed by atoms with E-state index in [0.717, 1.165) is 5.69 Å². The molecule has 0 radical (unpaired) electrons. The number of esters is 1. The number of hydrogen-bond acceptors (Lipinski definition) is 5. The molecule has 0 bridgehead atoms. The summed E-state index contributed by atoms with van der Waals surface area (Å²) in [7, 11) is 1.33. The van der Waals surface area contributed by atoms with Crippen molar-refractivity contribution in [2.45, 2.75) is 5.03 Å². The largest absolute Gasteiger partial charge is 0.465 e. The zero-order valence-corrected chi connectivity index (χ0v) is 10.9. The number of hydrogen-bond donors (Lipinski definition) is 1. The van der Waals surface area contributed by atoms with Gasteiger partial charge in [0.05, 0.1) is 12.8 Å². The van der Waals surface area contributed by atoms with Crippen molar-refractivity contribution in [3.05, 3.63) is 35.9 Å². The van der Waals surface area contributed by atoms with Crippen molar-refractivity contribution < 1.29 is 9.53 Å². The van der Waals surface area contributed by atoms with Crippen molar-refractivity contribution >= 4 is 23.5 Å². The summed E-state index contributed by atoms with van der Waals surface area (Å²) in [5.74, 6) is -0.184. The van der Waals surface area contributed by atoms with Crippen LogP contribution in [0.2, 0.25) is 0 Å². The number of anilines is 1. The lowest BCUT2D eigenvalue weighted by molar-refractivity contribution is 0.0598. The highest BCUT2D eigenvalue weighted by Gasteiger charge is 2.22. The molecule has 18 heavy (non-hydrogen) atoms. The molecular formula is C12H13N3O2S. The zero-order chi connectivity index (χ0) is 13.1. The van der Waals surface area contributed by atoms with Crippen LogP contribution in [0.3, 0.4) is 0 Å². The lowest BCUT2D eigenvalue weighted by Gasteiger charge is -2.03. The van der Waals surface area contributed by atoms with Crippen LogP contribution in [0.25, 0.3) is 5.69 Å². The number of aromatic nitrogens is 2. The number of thioether (sulfide) groups is 1. The van der Waals surface area contributed by atoms with Gasteiger partial charge in [-0.25, -0.2) is 9.48 Å². The lowest BCUT2D eigenvalue weighted by atomic mass is 10.3. The molecule has 0 aliphatic rings. The number of carbonyl (C=O) groups is 1. The van der Waals surface area contributed by atoms with Gasteiger partial charge in [0.2, 0.25) is 0 Å². The highest BCUT2D eigenvalue weighted by molar-refractivity contribution is 7.98. The molecule has 2 aromatic rings. The molecule has 0 amide bonds. The van der Waals surface area contributed by atoms with Crippen LogP contribution in [-0.2, 0) is 4.74 Å². The number of para-hydroxylation sites is 1. The number of nitrogens with two attached hydrogens (primary N) is 1. The Bertz CT molecular complexity index is 566. The topological polar surface area (TPSA) is 70.1 Å². The predicted molar refractivity (Wildman–Crippen MR) is 71.1 cm³/mol. The highest BCUT2D eigenvalue weighted by Crippen LogP contribution is 2.27. The van der Waals surface area contributed by atoms with Gasteiger partial charge in [0.25, 0.3) is 0 Å². The second kappa shape index (κ2) is 5.14. The number of nitrogens with zero attached hydrogens (tertiary/aromatic N) is 2. The van der Waals surface area contributed by atoms with E-state index in [2.05, 4.69) is 5.10 Å². The van der Waals surface area contributed by atoms with Crippen LogP contribution in [0.4, 0.5) is 5.82 Å². The molecule has 1 heterocycles. The van der Waals surface area contributed by atoms with Gasteiger partial charge in [-0.15, -0.1) is 11.8 Å². The van der Waals surface area contributed by atoms with E-state index < -0.39 is 5.97 Å². The van der Waals surface area contributed by atoms with E-state index in [1.807, 2.05) is 36.6 Å². The van der Waals surface area contributed by atoms with Crippen molar-refractivity contribution in [3.8, 4) is 5.69 Å². The number of nitrogen functional groups attached to an aromatic ring is 1. The summed E-state index contributed by atoms with van der Waals surface area (Å²) in [5.41, 5.74) is 7.09. The van der Waals surface area contributed by atoms with E-state index in [0.29, 0.717) is 10.6 Å². The van der Waals surface area contributed by atoms with Crippen LogP contribution in [0.15, 0.2) is 35.4 Å². The second-order valence-corrected chi connectivity index (χ2v) is 4.30. The van der Waals surface area contributed by atoms with Gasteiger partial charge in [-0.2, -0.15) is 5.10 Å². The first-order valence-electron chi connectivity index (χ1n) is 5.25. The van der Waals surface area contributed by atoms with Gasteiger partial charge in [-0.1, -0.05) is 18.2 Å². The van der Waals surface area contributed by atoms with Crippen LogP contribution in [-0.4, -0.2) is 29.1 Å². The van der Waals surface area contributed by atoms with Crippen LogP contribution in [0.1, 0.15) is 10.4 Å². The van der Waals surface area contributed by atoms with Gasteiger partial charge in [-0.05, 0) is 18.4 Å². The fourth-order valence-electron chi connectivity index (χ4n) is 1.61. The Hall–Kier alpha value is -1.95. The van der Waals surface area contributed by atoms with Gasteiger partial charge < -0.3 is 10.5 Å². The fraction of sp³-hybridized carbons (Fsp3) is 0.167. The van der Waals surface area contributed by atoms with Crippen molar-refractivity contribution in [2.24, 2.45) is 0 Å². The summed E-state index contributed by atoms with van der Waals surface area (Å²) >= 11 is 1.36. The molecule has 0 saturated heterocycles. The Labute approximate surface area is 109 Å². The second-order valence-electron chi connectivity index (χ2n) is 3.51. The van der Waals surface area contributed by atoms with Crippen LogP contribution in [0.5, 0.6) is 0 Å². The van der Waals surface area contributed by atoms with E-state index in [1.165, 1.54) is 23.6 Å². The van der Waals surface area contributed by atoms with Crippen LogP contribution < -0.4 is 5.73 Å². The smallest absolute Gasteiger partial charge is 0.344 e. The minimum absolute atomic E-state index is 0.289. The standard InChI is InChI=1S/C12H13N3O2S/c1-17-12(16)9-10(13)15(14-11(9)18-2)8-6-4-3-5-7-8/h3-7H,13H2,1-2H3. The van der Waals surface area contributed by atoms with E-state index in [4.69, 9.17) is 10.5 Å². The van der Waals surface area contributed by atoms with E-state index in [1.54, 1.807) is 0 Å². The van der Waals surface area contributed by atoms with Crippen LogP contribution >= 0.6 is 11.8 Å². The van der Waals surface area contributed by atoms with Crippen molar-refractivity contribution in [1.29, 1.82) is 0 Å². The molecule has 0 aliphatic heterocycles. The summed E-state index contributed by atoms with van der Waals surface area (Å²) in [6.07, 6.45) is 1.84. The van der Waals surface area contributed by atoms with Crippen LogP contribution in [0, 0.1) is 0 Å². The first-order valence-corrected chi connectivity index (χ1v) is 6.47. The Balaban J connectivity index is 2.58. The monoisotopic (exact) mass is 263 g/mol. The maximum Gasteiger partial charge on any atom is 0.344 e. The van der Waals surface area contributed by atoms with Gasteiger partial charge >= 0.3 is 5.97 Å². The Morgan fingerprint density at radius 2 is 2.06 bits per heavy atom. The van der Waals surface area contributed by atoms with Gasteiger partial charge in [0.1, 0.15) is 16.4 Å². The molecule has 1 aromatic carbocycles. The third kappa shape index (κ3) is 2.06. The molecule has 0 aliphatic carbocycles. The van der Waals surface area contributed by atoms with Gasteiger partial charge in [-0.3, -0.25) is 0 Å². The first kappa shape index (κ1) is 12.5. The Morgan fingerprint density at radius 3 is 2.61 bits per heavy atom. The summed E-state index contributed by atoms with van der Waals surface area (Å²) < 4.78 is 6.26. The van der Waals surface area contributed by atoms with E-state index in [-0.39, 0.29) is 5.82 Å². The minimum Gasteiger partial charge on any atom is -0.465 e. The predicted octanol–water partition coefficient (Wildman–Crippen LogP) is 1.96. The molecule has 6 heteroatoms. The SMILES string of the molecule is COC(=O)c1c(SC)nn(-c2ccccc2)c1N. The first-order chi connectivity index (χ1) is 8.69. The molecule has 0 unspecified atom stereocenters. The maximum absolute atomic E-state index is 11.7. The third-order valence-corrected chi connectivity index (χ3v) is 3.15. The van der Waals surface area contributed by atoms with Gasteiger partial charge in [0.15, 0.2) is 0 Å². The molecule has 2 N–H and O–H groups in total. The average molecular weight is 263 g/mol. The minimum atomic E-state index is -0.473. The number of carbonyl (C=O) groups excluding carboxylic acids is 1. The Morgan fingerprint density at radius 1 is 1.39 bits per heavy atom. The number of benzene rings is 1. The summed E-state index contributed by atoms with van der Waals surface area (Å²) in [5, 5.41) is 4.88. The number of ether oxygens (including phenoxy) is 1. The molecule has 1 aromatic heterocycles. The third-order valence-electron chi connectivity index (χ3n) is 2.47. The fourth-order valence-corrected chi connectivity index (χ4v) is 2.17. The quantitative estimate of drug-likeness (QED) is 0.677. The van der Waals surface area contributed by atoms with Gasteiger partial charge in [0, 0.05) is 0 Å². The highest BCUT2D eigenvalue weighted by atomic mass is 32.2. The molecular weight excluding hydrogens is 250 g/mol.